The van der Waals surface area contributed by atoms with Gasteiger partial charge in [-0.2, -0.15) is 0 Å². The van der Waals surface area contributed by atoms with Crippen LogP contribution in [0.4, 0.5) is 5.69 Å². The number of anilines is 1. The van der Waals surface area contributed by atoms with Gasteiger partial charge in [0.15, 0.2) is 0 Å². The smallest absolute Gasteiger partial charge is 0.243 e. The number of fused-ring (bicyclic) bond motifs is 1. The van der Waals surface area contributed by atoms with Crippen LogP contribution in [0, 0.1) is 0 Å². The van der Waals surface area contributed by atoms with Crippen LogP contribution in [0.25, 0.3) is 10.9 Å². The molecule has 6 nitrogen and oxygen atoms in total. The van der Waals surface area contributed by atoms with Crippen molar-refractivity contribution in [2.24, 2.45) is 0 Å². The number of nitrogens with two attached hydrogens (primary N) is 1. The molecule has 0 radical (unpaired) electrons. The summed E-state index contributed by atoms with van der Waals surface area (Å²) in [6.07, 6.45) is 2.46. The Bertz CT molecular complexity index is 725. The number of rotatable bonds is 6. The first-order valence-electron chi connectivity index (χ1n) is 6.89. The quantitative estimate of drug-likeness (QED) is 0.607. The van der Waals surface area contributed by atoms with Gasteiger partial charge in [0.2, 0.25) is 10.0 Å². The standard InChI is InChI=1S/C14H21N3O3S/c1-3-14(4-2,9-18)17-21(19,20)13-8-16-12-7-10(15)5-6-11(12)13/h5-8,16-18H,3-4,9,15H2,1-2H3. The van der Waals surface area contributed by atoms with E-state index in [-0.39, 0.29) is 11.5 Å². The summed E-state index contributed by atoms with van der Waals surface area (Å²) in [6, 6.07) is 5.02. The van der Waals surface area contributed by atoms with Gasteiger partial charge in [0.25, 0.3) is 0 Å². The van der Waals surface area contributed by atoms with Crippen LogP contribution in [-0.4, -0.2) is 30.7 Å². The number of aliphatic hydroxyl groups excluding tert-OH is 1. The van der Waals surface area contributed by atoms with Gasteiger partial charge in [-0.3, -0.25) is 0 Å². The monoisotopic (exact) mass is 311 g/mol. The summed E-state index contributed by atoms with van der Waals surface area (Å²) in [4.78, 5) is 3.08. The van der Waals surface area contributed by atoms with E-state index in [1.54, 1.807) is 18.2 Å². The fraction of sp³-hybridized carbons (Fsp3) is 0.429. The third-order valence-corrected chi connectivity index (χ3v) is 5.58. The molecule has 0 aliphatic heterocycles. The number of H-pyrrole nitrogens is 1. The average molecular weight is 311 g/mol. The number of nitrogens with one attached hydrogen (secondary N) is 2. The second-order valence-corrected chi connectivity index (χ2v) is 6.86. The molecule has 0 aliphatic carbocycles. The molecule has 0 unspecified atom stereocenters. The SMILES string of the molecule is CCC(CC)(CO)NS(=O)(=O)c1c[nH]c2cc(N)ccc12. The number of hydrogen-bond acceptors (Lipinski definition) is 4. The van der Waals surface area contributed by atoms with Crippen molar-refractivity contribution in [1.29, 1.82) is 0 Å². The molecule has 0 saturated carbocycles. The minimum atomic E-state index is -3.73. The normalized spacial score (nSPS) is 12.9. The molecule has 116 valence electrons. The second-order valence-electron chi connectivity index (χ2n) is 5.21. The average Bonchev–Trinajstić information content (AvgIpc) is 2.88. The summed E-state index contributed by atoms with van der Waals surface area (Å²) >= 11 is 0. The third-order valence-electron chi connectivity index (χ3n) is 3.96. The molecule has 0 bridgehead atoms. The Labute approximate surface area is 124 Å². The minimum Gasteiger partial charge on any atom is -0.399 e. The van der Waals surface area contributed by atoms with Gasteiger partial charge in [0.05, 0.1) is 12.1 Å². The lowest BCUT2D eigenvalue weighted by atomic mass is 9.96. The van der Waals surface area contributed by atoms with Crippen molar-refractivity contribution < 1.29 is 13.5 Å². The minimum absolute atomic E-state index is 0.164. The van der Waals surface area contributed by atoms with E-state index in [0.29, 0.717) is 29.4 Å². The molecule has 1 aromatic carbocycles. The number of aromatic amines is 1. The lowest BCUT2D eigenvalue weighted by molar-refractivity contribution is 0.172. The molecule has 1 aromatic heterocycles. The molecule has 0 spiro atoms. The summed E-state index contributed by atoms with van der Waals surface area (Å²) in [5.74, 6) is 0. The zero-order chi connectivity index (χ0) is 15.7. The Kier molecular flexibility index (Phi) is 4.27. The van der Waals surface area contributed by atoms with Crippen molar-refractivity contribution in [3.05, 3.63) is 24.4 Å². The molecule has 7 heteroatoms. The summed E-state index contributed by atoms with van der Waals surface area (Å²) < 4.78 is 27.9. The Morgan fingerprint density at radius 3 is 2.57 bits per heavy atom. The highest BCUT2D eigenvalue weighted by atomic mass is 32.2. The van der Waals surface area contributed by atoms with Crippen LogP contribution < -0.4 is 10.5 Å². The van der Waals surface area contributed by atoms with Crippen molar-refractivity contribution in [2.75, 3.05) is 12.3 Å². The Balaban J connectivity index is 2.47. The van der Waals surface area contributed by atoms with Crippen LogP contribution >= 0.6 is 0 Å². The zero-order valence-electron chi connectivity index (χ0n) is 12.2. The van der Waals surface area contributed by atoms with E-state index in [0.717, 1.165) is 0 Å². The highest BCUT2D eigenvalue weighted by molar-refractivity contribution is 7.89. The fourth-order valence-corrected chi connectivity index (χ4v) is 4.04. The van der Waals surface area contributed by atoms with Gasteiger partial charge < -0.3 is 15.8 Å². The summed E-state index contributed by atoms with van der Waals surface area (Å²) in [7, 11) is -3.73. The van der Waals surface area contributed by atoms with Crippen LogP contribution in [0.3, 0.4) is 0 Å². The lowest BCUT2D eigenvalue weighted by Gasteiger charge is -2.30. The number of hydrogen-bond donors (Lipinski definition) is 4. The summed E-state index contributed by atoms with van der Waals surface area (Å²) in [6.45, 7) is 3.45. The first-order chi connectivity index (χ1) is 9.87. The number of aliphatic hydroxyl groups is 1. The molecular formula is C14H21N3O3S. The maximum absolute atomic E-state index is 12.6. The van der Waals surface area contributed by atoms with E-state index in [1.165, 1.54) is 6.20 Å². The molecule has 21 heavy (non-hydrogen) atoms. The predicted octanol–water partition coefficient (Wildman–Crippen LogP) is 1.58. The summed E-state index contributed by atoms with van der Waals surface area (Å²) in [5, 5.41) is 10.1. The van der Waals surface area contributed by atoms with E-state index in [4.69, 9.17) is 5.73 Å². The Morgan fingerprint density at radius 1 is 1.33 bits per heavy atom. The topological polar surface area (TPSA) is 108 Å². The van der Waals surface area contributed by atoms with Gasteiger partial charge in [-0.05, 0) is 31.0 Å². The third kappa shape index (κ3) is 2.90. The van der Waals surface area contributed by atoms with Crippen LogP contribution in [-0.2, 0) is 10.0 Å². The maximum Gasteiger partial charge on any atom is 0.243 e. The van der Waals surface area contributed by atoms with Gasteiger partial charge in [-0.15, -0.1) is 0 Å². The van der Waals surface area contributed by atoms with Gasteiger partial charge >= 0.3 is 0 Å². The number of aromatic nitrogens is 1. The molecule has 2 aromatic rings. The van der Waals surface area contributed by atoms with Crippen LogP contribution in [0.2, 0.25) is 0 Å². The van der Waals surface area contributed by atoms with Gasteiger partial charge in [-0.25, -0.2) is 13.1 Å². The molecule has 0 amide bonds. The molecule has 2 rings (SSSR count). The highest BCUT2D eigenvalue weighted by Gasteiger charge is 2.32. The van der Waals surface area contributed by atoms with E-state index in [1.807, 2.05) is 13.8 Å². The molecule has 5 N–H and O–H groups in total. The molecule has 0 saturated heterocycles. The van der Waals surface area contributed by atoms with Gasteiger partial charge in [-0.1, -0.05) is 13.8 Å². The van der Waals surface area contributed by atoms with Gasteiger partial charge in [0, 0.05) is 22.8 Å². The zero-order valence-corrected chi connectivity index (χ0v) is 13.0. The molecule has 1 heterocycles. The lowest BCUT2D eigenvalue weighted by Crippen LogP contribution is -2.50. The van der Waals surface area contributed by atoms with E-state index >= 15 is 0 Å². The Hall–Kier alpha value is -1.57. The number of benzene rings is 1. The molecule has 0 fully saturated rings. The largest absolute Gasteiger partial charge is 0.399 e. The first-order valence-corrected chi connectivity index (χ1v) is 8.37. The fourth-order valence-electron chi connectivity index (χ4n) is 2.33. The predicted molar refractivity (Wildman–Crippen MR) is 83.4 cm³/mol. The van der Waals surface area contributed by atoms with Crippen molar-refractivity contribution >= 4 is 26.6 Å². The van der Waals surface area contributed by atoms with Crippen LogP contribution in [0.15, 0.2) is 29.3 Å². The number of nitrogen functional groups attached to an aromatic ring is 1. The second kappa shape index (κ2) is 5.67. The Morgan fingerprint density at radius 2 is 2.00 bits per heavy atom. The summed E-state index contributed by atoms with van der Waals surface area (Å²) in [5.41, 5.74) is 6.08. The van der Waals surface area contributed by atoms with E-state index < -0.39 is 15.6 Å². The van der Waals surface area contributed by atoms with Crippen molar-refractivity contribution in [1.82, 2.24) is 9.71 Å². The van der Waals surface area contributed by atoms with E-state index in [9.17, 15) is 13.5 Å². The maximum atomic E-state index is 12.6. The van der Waals surface area contributed by atoms with Crippen molar-refractivity contribution in [2.45, 2.75) is 37.1 Å². The molecule has 0 atom stereocenters. The highest BCUT2D eigenvalue weighted by Crippen LogP contribution is 2.26. The van der Waals surface area contributed by atoms with Gasteiger partial charge in [0.1, 0.15) is 4.90 Å². The van der Waals surface area contributed by atoms with Crippen molar-refractivity contribution in [3.8, 4) is 0 Å². The van der Waals surface area contributed by atoms with Crippen molar-refractivity contribution in [3.63, 3.8) is 0 Å². The molecule has 0 aliphatic rings. The number of sulfonamides is 1. The molecular weight excluding hydrogens is 290 g/mol. The van der Waals surface area contributed by atoms with E-state index in [2.05, 4.69) is 9.71 Å². The van der Waals surface area contributed by atoms with Crippen LogP contribution in [0.1, 0.15) is 26.7 Å². The first kappa shape index (κ1) is 15.8. The van der Waals surface area contributed by atoms with Crippen LogP contribution in [0.5, 0.6) is 0 Å².